The number of aliphatic carboxylic acids is 1. The number of carboxylic acid groups (broad SMARTS) is 1. The predicted octanol–water partition coefficient (Wildman–Crippen LogP) is 5.74. The lowest BCUT2D eigenvalue weighted by molar-refractivity contribution is -0.145. The van der Waals surface area contributed by atoms with E-state index in [0.29, 0.717) is 27.3 Å². The molecule has 1 fully saturated rings. The number of hydrogen-bond acceptors (Lipinski definition) is 3. The topological polar surface area (TPSA) is 40.5 Å². The van der Waals surface area contributed by atoms with Crippen LogP contribution in [0.1, 0.15) is 35.7 Å². The number of carbonyl (C=O) groups is 1. The summed E-state index contributed by atoms with van der Waals surface area (Å²) in [5, 5.41) is 10.7. The summed E-state index contributed by atoms with van der Waals surface area (Å²) in [6.45, 7) is 0.704. The van der Waals surface area contributed by atoms with E-state index in [0.717, 1.165) is 23.3 Å². The number of rotatable bonds is 4. The molecule has 2 aromatic rings. The molecule has 128 valence electrons. The Morgan fingerprint density at radius 3 is 2.62 bits per heavy atom. The van der Waals surface area contributed by atoms with E-state index in [-0.39, 0.29) is 6.04 Å². The minimum atomic E-state index is -0.799. The maximum Gasteiger partial charge on any atom is 0.320 e. The SMILES string of the molecule is O=C(O)C1CCCCN1C(c1ccc(Cl)s1)c1ccc(Cl)cc1Cl. The normalized spacial score (nSPS) is 20.0. The first-order chi connectivity index (χ1) is 11.5. The largest absolute Gasteiger partial charge is 0.480 e. The highest BCUT2D eigenvalue weighted by Crippen LogP contribution is 2.41. The molecule has 0 radical (unpaired) electrons. The number of halogens is 3. The summed E-state index contributed by atoms with van der Waals surface area (Å²) in [7, 11) is 0. The zero-order valence-electron chi connectivity index (χ0n) is 12.7. The Hall–Kier alpha value is -0.780. The summed E-state index contributed by atoms with van der Waals surface area (Å²) in [5.41, 5.74) is 0.854. The van der Waals surface area contributed by atoms with Crippen LogP contribution in [-0.2, 0) is 4.79 Å². The second-order valence-corrected chi connectivity index (χ2v) is 8.39. The molecule has 7 heteroatoms. The van der Waals surface area contributed by atoms with Crippen molar-refractivity contribution in [2.24, 2.45) is 0 Å². The van der Waals surface area contributed by atoms with Gasteiger partial charge in [-0.2, -0.15) is 0 Å². The number of piperidine rings is 1. The second-order valence-electron chi connectivity index (χ2n) is 5.80. The molecule has 0 spiro atoms. The van der Waals surface area contributed by atoms with Crippen LogP contribution in [0.2, 0.25) is 14.4 Å². The van der Waals surface area contributed by atoms with Gasteiger partial charge in [0, 0.05) is 14.9 Å². The zero-order valence-corrected chi connectivity index (χ0v) is 15.8. The van der Waals surface area contributed by atoms with Crippen LogP contribution in [0.5, 0.6) is 0 Å². The molecule has 0 amide bonds. The number of likely N-dealkylation sites (tertiary alicyclic amines) is 1. The van der Waals surface area contributed by atoms with Gasteiger partial charge in [0.05, 0.1) is 10.4 Å². The van der Waals surface area contributed by atoms with Gasteiger partial charge in [0.25, 0.3) is 0 Å². The lowest BCUT2D eigenvalue weighted by Gasteiger charge is -2.39. The van der Waals surface area contributed by atoms with Crippen molar-refractivity contribution in [3.05, 3.63) is 55.2 Å². The Morgan fingerprint density at radius 2 is 2.00 bits per heavy atom. The molecule has 1 saturated heterocycles. The fourth-order valence-corrected chi connectivity index (χ4v) is 4.94. The molecule has 0 aliphatic carbocycles. The Morgan fingerprint density at radius 1 is 1.21 bits per heavy atom. The van der Waals surface area contributed by atoms with Crippen LogP contribution in [0, 0.1) is 0 Å². The minimum Gasteiger partial charge on any atom is -0.480 e. The van der Waals surface area contributed by atoms with Gasteiger partial charge in [-0.15, -0.1) is 11.3 Å². The molecule has 2 unspecified atom stereocenters. The van der Waals surface area contributed by atoms with Crippen molar-refractivity contribution in [2.75, 3.05) is 6.54 Å². The highest BCUT2D eigenvalue weighted by Gasteiger charge is 2.36. The first-order valence-corrected chi connectivity index (χ1v) is 9.61. The van der Waals surface area contributed by atoms with Crippen LogP contribution in [0.4, 0.5) is 0 Å². The lowest BCUT2D eigenvalue weighted by Crippen LogP contribution is -2.46. The number of carboxylic acids is 1. The summed E-state index contributed by atoms with van der Waals surface area (Å²) in [6, 6.07) is 8.35. The van der Waals surface area contributed by atoms with Crippen molar-refractivity contribution >= 4 is 52.1 Å². The molecule has 0 saturated carbocycles. The molecular weight excluding hydrogens is 389 g/mol. The Labute approximate surface area is 159 Å². The van der Waals surface area contributed by atoms with Gasteiger partial charge in [-0.25, -0.2) is 0 Å². The standard InChI is InChI=1S/C17H16Cl3NO2S/c18-10-4-5-11(12(19)9-10)16(14-6-7-15(20)24-14)21-8-2-1-3-13(21)17(22)23/h4-7,9,13,16H,1-3,8H2,(H,22,23). The van der Waals surface area contributed by atoms with E-state index in [1.165, 1.54) is 11.3 Å². The number of hydrogen-bond donors (Lipinski definition) is 1. The molecule has 2 heterocycles. The van der Waals surface area contributed by atoms with Crippen LogP contribution in [0.15, 0.2) is 30.3 Å². The third-order valence-electron chi connectivity index (χ3n) is 4.28. The Bertz CT molecular complexity index is 749. The van der Waals surface area contributed by atoms with E-state index in [4.69, 9.17) is 34.8 Å². The maximum atomic E-state index is 11.8. The molecule has 2 atom stereocenters. The Kier molecular flexibility index (Phi) is 5.73. The van der Waals surface area contributed by atoms with E-state index in [9.17, 15) is 9.90 Å². The third kappa shape index (κ3) is 3.73. The van der Waals surface area contributed by atoms with Crippen molar-refractivity contribution in [1.29, 1.82) is 0 Å². The highest BCUT2D eigenvalue weighted by molar-refractivity contribution is 7.16. The van der Waals surface area contributed by atoms with Gasteiger partial charge in [-0.3, -0.25) is 9.69 Å². The zero-order chi connectivity index (χ0) is 17.3. The maximum absolute atomic E-state index is 11.8. The van der Waals surface area contributed by atoms with Gasteiger partial charge in [0.2, 0.25) is 0 Å². The number of benzene rings is 1. The van der Waals surface area contributed by atoms with Gasteiger partial charge in [-0.05, 0) is 49.2 Å². The van der Waals surface area contributed by atoms with E-state index in [1.807, 2.05) is 23.1 Å². The number of thiophene rings is 1. The molecule has 24 heavy (non-hydrogen) atoms. The predicted molar refractivity (Wildman–Crippen MR) is 99.6 cm³/mol. The molecule has 1 N–H and O–H groups in total. The van der Waals surface area contributed by atoms with Crippen LogP contribution in [0.25, 0.3) is 0 Å². The van der Waals surface area contributed by atoms with Crippen LogP contribution >= 0.6 is 46.1 Å². The fraction of sp³-hybridized carbons (Fsp3) is 0.353. The average Bonchev–Trinajstić information content (AvgIpc) is 2.96. The van der Waals surface area contributed by atoms with Gasteiger partial charge >= 0.3 is 5.97 Å². The van der Waals surface area contributed by atoms with Crippen molar-refractivity contribution in [3.8, 4) is 0 Å². The second kappa shape index (κ2) is 7.63. The van der Waals surface area contributed by atoms with Crippen molar-refractivity contribution < 1.29 is 9.90 Å². The summed E-state index contributed by atoms with van der Waals surface area (Å²) < 4.78 is 0.670. The fourth-order valence-electron chi connectivity index (χ4n) is 3.22. The quantitative estimate of drug-likeness (QED) is 0.706. The summed E-state index contributed by atoms with van der Waals surface area (Å²) in [6.07, 6.45) is 2.51. The van der Waals surface area contributed by atoms with Crippen LogP contribution in [0.3, 0.4) is 0 Å². The van der Waals surface area contributed by atoms with E-state index >= 15 is 0 Å². The molecule has 3 nitrogen and oxygen atoms in total. The Balaban J connectivity index is 2.09. The molecular formula is C17H16Cl3NO2S. The molecule has 1 aliphatic rings. The first kappa shape index (κ1) is 18.0. The van der Waals surface area contributed by atoms with Gasteiger partial charge in [0.1, 0.15) is 6.04 Å². The summed E-state index contributed by atoms with van der Waals surface area (Å²) >= 11 is 20.0. The smallest absolute Gasteiger partial charge is 0.320 e. The van der Waals surface area contributed by atoms with Gasteiger partial charge in [-0.1, -0.05) is 47.3 Å². The molecule has 0 bridgehead atoms. The number of nitrogens with zero attached hydrogens (tertiary/aromatic N) is 1. The third-order valence-corrected chi connectivity index (χ3v) is 6.13. The summed E-state index contributed by atoms with van der Waals surface area (Å²) in [5.74, 6) is -0.799. The molecule has 1 aromatic heterocycles. The van der Waals surface area contributed by atoms with Crippen LogP contribution in [-0.4, -0.2) is 28.6 Å². The van der Waals surface area contributed by atoms with E-state index in [2.05, 4.69) is 0 Å². The highest BCUT2D eigenvalue weighted by atomic mass is 35.5. The molecule has 1 aliphatic heterocycles. The van der Waals surface area contributed by atoms with E-state index < -0.39 is 12.0 Å². The van der Waals surface area contributed by atoms with E-state index in [1.54, 1.807) is 12.1 Å². The monoisotopic (exact) mass is 403 g/mol. The van der Waals surface area contributed by atoms with Gasteiger partial charge in [0.15, 0.2) is 0 Å². The summed E-state index contributed by atoms with van der Waals surface area (Å²) in [4.78, 5) is 14.8. The van der Waals surface area contributed by atoms with Crippen molar-refractivity contribution in [1.82, 2.24) is 4.90 Å². The van der Waals surface area contributed by atoms with Crippen molar-refractivity contribution in [2.45, 2.75) is 31.3 Å². The lowest BCUT2D eigenvalue weighted by atomic mass is 9.95. The molecule has 1 aromatic carbocycles. The van der Waals surface area contributed by atoms with Gasteiger partial charge < -0.3 is 5.11 Å². The minimum absolute atomic E-state index is 0.242. The van der Waals surface area contributed by atoms with Crippen molar-refractivity contribution in [3.63, 3.8) is 0 Å². The average molecular weight is 405 g/mol. The van der Waals surface area contributed by atoms with Crippen LogP contribution < -0.4 is 0 Å². The molecule has 3 rings (SSSR count). The first-order valence-electron chi connectivity index (χ1n) is 7.66.